The molecule has 0 aliphatic carbocycles. The van der Waals surface area contributed by atoms with Gasteiger partial charge in [0.25, 0.3) is 11.6 Å². The number of ether oxygens (including phenoxy) is 2. The number of rotatable bonds is 3. The highest BCUT2D eigenvalue weighted by molar-refractivity contribution is 5.95. The van der Waals surface area contributed by atoms with Gasteiger partial charge in [0, 0.05) is 44.6 Å². The van der Waals surface area contributed by atoms with Gasteiger partial charge in [0.05, 0.1) is 18.1 Å². The van der Waals surface area contributed by atoms with Gasteiger partial charge in [-0.05, 0) is 12.1 Å². The van der Waals surface area contributed by atoms with Crippen molar-refractivity contribution in [2.45, 2.75) is 18.6 Å². The third-order valence-electron chi connectivity index (χ3n) is 4.34. The Balaban J connectivity index is 1.73. The average Bonchev–Trinajstić information content (AvgIpc) is 3.02. The fourth-order valence-electron chi connectivity index (χ4n) is 3.05. The minimum Gasteiger partial charge on any atom is -0.383 e. The molecule has 1 aromatic carbocycles. The minimum absolute atomic E-state index is 0.103. The van der Waals surface area contributed by atoms with Gasteiger partial charge in [0.1, 0.15) is 5.69 Å². The van der Waals surface area contributed by atoms with Crippen molar-refractivity contribution in [3.05, 3.63) is 33.9 Å². The Hall–Kier alpha value is -2.19. The molecule has 0 atom stereocenters. The van der Waals surface area contributed by atoms with E-state index in [9.17, 15) is 14.9 Å². The van der Waals surface area contributed by atoms with Crippen molar-refractivity contribution >= 4 is 17.3 Å². The molecular formula is C15H19N3O5. The summed E-state index contributed by atoms with van der Waals surface area (Å²) in [5.41, 5.74) is 0.603. The van der Waals surface area contributed by atoms with E-state index in [4.69, 9.17) is 9.47 Å². The summed E-state index contributed by atoms with van der Waals surface area (Å²) in [4.78, 5) is 24.9. The third-order valence-corrected chi connectivity index (χ3v) is 4.34. The van der Waals surface area contributed by atoms with Crippen molar-refractivity contribution < 1.29 is 19.2 Å². The van der Waals surface area contributed by atoms with Crippen LogP contribution in [-0.4, -0.2) is 54.9 Å². The summed E-state index contributed by atoms with van der Waals surface area (Å²) in [7, 11) is 1.61. The molecule has 8 heteroatoms. The molecule has 0 aromatic heterocycles. The Bertz CT molecular complexity index is 618. The molecule has 2 aliphatic rings. The molecule has 2 heterocycles. The first-order valence-electron chi connectivity index (χ1n) is 7.58. The summed E-state index contributed by atoms with van der Waals surface area (Å²) in [6.45, 7) is 2.21. The largest absolute Gasteiger partial charge is 0.383 e. The standard InChI is InChI=1S/C15H19N3O5/c1-16-12-3-2-11(10-13(12)18(20)21)14(19)17-6-4-15(5-7-17)22-8-9-23-15/h2-3,10,16H,4-9H2,1H3. The number of nitro benzene ring substituents is 1. The van der Waals surface area contributed by atoms with E-state index in [-0.39, 0.29) is 11.6 Å². The maximum Gasteiger partial charge on any atom is 0.293 e. The first kappa shape index (κ1) is 15.7. The van der Waals surface area contributed by atoms with Crippen molar-refractivity contribution in [3.8, 4) is 0 Å². The van der Waals surface area contributed by atoms with E-state index in [1.165, 1.54) is 6.07 Å². The molecule has 1 N–H and O–H groups in total. The molecule has 2 fully saturated rings. The van der Waals surface area contributed by atoms with Crippen LogP contribution in [0.4, 0.5) is 11.4 Å². The number of nitrogens with one attached hydrogen (secondary N) is 1. The smallest absolute Gasteiger partial charge is 0.293 e. The van der Waals surface area contributed by atoms with E-state index >= 15 is 0 Å². The highest BCUT2D eigenvalue weighted by Crippen LogP contribution is 2.32. The lowest BCUT2D eigenvalue weighted by Gasteiger charge is -2.37. The van der Waals surface area contributed by atoms with Crippen LogP contribution in [-0.2, 0) is 9.47 Å². The molecule has 3 rings (SSSR count). The van der Waals surface area contributed by atoms with Crippen LogP contribution in [0.15, 0.2) is 18.2 Å². The van der Waals surface area contributed by atoms with Crippen LogP contribution in [0.3, 0.4) is 0 Å². The zero-order valence-corrected chi connectivity index (χ0v) is 12.9. The predicted octanol–water partition coefficient (Wildman–Crippen LogP) is 1.62. The monoisotopic (exact) mass is 321 g/mol. The minimum atomic E-state index is -0.543. The summed E-state index contributed by atoms with van der Waals surface area (Å²) >= 11 is 0. The van der Waals surface area contributed by atoms with Gasteiger partial charge < -0.3 is 19.7 Å². The van der Waals surface area contributed by atoms with Gasteiger partial charge in [-0.1, -0.05) is 0 Å². The fourth-order valence-corrected chi connectivity index (χ4v) is 3.05. The van der Waals surface area contributed by atoms with Gasteiger partial charge in [-0.15, -0.1) is 0 Å². The van der Waals surface area contributed by atoms with E-state index in [0.29, 0.717) is 50.4 Å². The lowest BCUT2D eigenvalue weighted by atomic mass is 10.0. The number of carbonyl (C=O) groups is 1. The quantitative estimate of drug-likeness (QED) is 0.671. The molecule has 0 saturated carbocycles. The molecule has 2 saturated heterocycles. The van der Waals surface area contributed by atoms with Gasteiger partial charge in [0.15, 0.2) is 5.79 Å². The third kappa shape index (κ3) is 2.99. The molecule has 0 radical (unpaired) electrons. The molecule has 1 spiro atoms. The van der Waals surface area contributed by atoms with Crippen LogP contribution in [0.25, 0.3) is 0 Å². The molecule has 1 amide bonds. The Morgan fingerprint density at radius 3 is 2.52 bits per heavy atom. The zero-order valence-electron chi connectivity index (χ0n) is 12.9. The molecule has 0 bridgehead atoms. The second-order valence-electron chi connectivity index (χ2n) is 5.64. The molecule has 2 aliphatic heterocycles. The first-order valence-corrected chi connectivity index (χ1v) is 7.58. The Kier molecular flexibility index (Phi) is 4.18. The average molecular weight is 321 g/mol. The number of nitro groups is 1. The van der Waals surface area contributed by atoms with E-state index in [0.717, 1.165) is 0 Å². The van der Waals surface area contributed by atoms with Gasteiger partial charge >= 0.3 is 0 Å². The normalized spacial score (nSPS) is 19.8. The summed E-state index contributed by atoms with van der Waals surface area (Å²) in [5, 5.41) is 13.9. The lowest BCUT2D eigenvalue weighted by Crippen LogP contribution is -2.47. The predicted molar refractivity (Wildman–Crippen MR) is 82.4 cm³/mol. The fraction of sp³-hybridized carbons (Fsp3) is 0.533. The summed E-state index contributed by atoms with van der Waals surface area (Å²) in [6, 6.07) is 4.48. The van der Waals surface area contributed by atoms with Crippen molar-refractivity contribution in [1.82, 2.24) is 4.90 Å². The number of piperidine rings is 1. The maximum absolute atomic E-state index is 12.6. The van der Waals surface area contributed by atoms with Crippen LogP contribution < -0.4 is 5.32 Å². The number of hydrogen-bond donors (Lipinski definition) is 1. The number of amides is 1. The highest BCUT2D eigenvalue weighted by Gasteiger charge is 2.41. The van der Waals surface area contributed by atoms with Gasteiger partial charge in [-0.2, -0.15) is 0 Å². The summed E-state index contributed by atoms with van der Waals surface area (Å²) < 4.78 is 11.3. The van der Waals surface area contributed by atoms with Crippen molar-refractivity contribution in [2.24, 2.45) is 0 Å². The van der Waals surface area contributed by atoms with Crippen LogP contribution >= 0.6 is 0 Å². The molecule has 124 valence electrons. The number of anilines is 1. The van der Waals surface area contributed by atoms with Crippen LogP contribution in [0, 0.1) is 10.1 Å². The zero-order chi connectivity index (χ0) is 16.4. The number of carbonyl (C=O) groups excluding carboxylic acids is 1. The van der Waals surface area contributed by atoms with Crippen molar-refractivity contribution in [3.63, 3.8) is 0 Å². The molecular weight excluding hydrogens is 302 g/mol. The van der Waals surface area contributed by atoms with Crippen LogP contribution in [0.2, 0.25) is 0 Å². The van der Waals surface area contributed by atoms with E-state index in [1.54, 1.807) is 24.1 Å². The summed E-state index contributed by atoms with van der Waals surface area (Å²) in [5.74, 6) is -0.748. The Morgan fingerprint density at radius 2 is 1.96 bits per heavy atom. The lowest BCUT2D eigenvalue weighted by molar-refractivity contribution is -0.384. The van der Waals surface area contributed by atoms with E-state index in [1.807, 2.05) is 0 Å². The van der Waals surface area contributed by atoms with E-state index < -0.39 is 10.7 Å². The number of nitrogens with zero attached hydrogens (tertiary/aromatic N) is 2. The topological polar surface area (TPSA) is 93.9 Å². The van der Waals surface area contributed by atoms with Crippen LogP contribution in [0.1, 0.15) is 23.2 Å². The Labute approximate surface area is 133 Å². The molecule has 1 aromatic rings. The van der Waals surface area contributed by atoms with E-state index in [2.05, 4.69) is 5.32 Å². The number of likely N-dealkylation sites (tertiary alicyclic amines) is 1. The molecule has 8 nitrogen and oxygen atoms in total. The van der Waals surface area contributed by atoms with Crippen molar-refractivity contribution in [1.29, 1.82) is 0 Å². The van der Waals surface area contributed by atoms with Gasteiger partial charge in [0.2, 0.25) is 0 Å². The van der Waals surface area contributed by atoms with Gasteiger partial charge in [-0.25, -0.2) is 0 Å². The number of hydrogen-bond acceptors (Lipinski definition) is 6. The SMILES string of the molecule is CNc1ccc(C(=O)N2CCC3(CC2)OCCO3)cc1[N+](=O)[O-]. The highest BCUT2D eigenvalue weighted by atomic mass is 16.7. The summed E-state index contributed by atoms with van der Waals surface area (Å²) in [6.07, 6.45) is 1.24. The second-order valence-corrected chi connectivity index (χ2v) is 5.64. The maximum atomic E-state index is 12.6. The molecule has 0 unspecified atom stereocenters. The Morgan fingerprint density at radius 1 is 1.30 bits per heavy atom. The van der Waals surface area contributed by atoms with Gasteiger partial charge in [-0.3, -0.25) is 14.9 Å². The first-order chi connectivity index (χ1) is 11.0. The van der Waals surface area contributed by atoms with Crippen molar-refractivity contribution in [2.75, 3.05) is 38.7 Å². The number of benzene rings is 1. The second kappa shape index (κ2) is 6.13. The molecule has 23 heavy (non-hydrogen) atoms. The van der Waals surface area contributed by atoms with Crippen LogP contribution in [0.5, 0.6) is 0 Å².